The second kappa shape index (κ2) is 5.35. The molecule has 2 nitrogen and oxygen atoms in total. The van der Waals surface area contributed by atoms with Crippen molar-refractivity contribution in [2.24, 2.45) is 0 Å². The van der Waals surface area contributed by atoms with Gasteiger partial charge in [0.25, 0.3) is 0 Å². The highest BCUT2D eigenvalue weighted by atomic mass is 16.4. The number of carboxylic acids is 1. The van der Waals surface area contributed by atoms with Crippen LogP contribution in [-0.2, 0) is 6.42 Å². The summed E-state index contributed by atoms with van der Waals surface area (Å²) in [6, 6.07) is 5.22. The Morgan fingerprint density at radius 1 is 1.53 bits per heavy atom. The fourth-order valence-corrected chi connectivity index (χ4v) is 1.51. The van der Waals surface area contributed by atoms with Gasteiger partial charge in [0.2, 0.25) is 0 Å². The maximum atomic E-state index is 10.8. The van der Waals surface area contributed by atoms with Gasteiger partial charge in [0, 0.05) is 0 Å². The van der Waals surface area contributed by atoms with Crippen molar-refractivity contribution in [2.75, 3.05) is 0 Å². The predicted octanol–water partition coefficient (Wildman–Crippen LogP) is 3.37. The van der Waals surface area contributed by atoms with Crippen molar-refractivity contribution in [3.05, 3.63) is 41.5 Å². The van der Waals surface area contributed by atoms with Gasteiger partial charge >= 0.3 is 5.97 Å². The summed E-state index contributed by atoms with van der Waals surface area (Å²) in [5.74, 6) is -0.889. The highest BCUT2D eigenvalue weighted by molar-refractivity contribution is 5.88. The van der Waals surface area contributed by atoms with Gasteiger partial charge in [-0.2, -0.15) is 0 Å². The minimum absolute atomic E-state index is 0.324. The molecule has 0 saturated carbocycles. The monoisotopic (exact) mass is 204 g/mol. The van der Waals surface area contributed by atoms with Crippen LogP contribution < -0.4 is 0 Å². The van der Waals surface area contributed by atoms with Crippen molar-refractivity contribution in [3.8, 4) is 0 Å². The first-order valence-electron chi connectivity index (χ1n) is 5.17. The molecule has 0 saturated heterocycles. The zero-order valence-corrected chi connectivity index (χ0v) is 8.99. The molecule has 0 heterocycles. The van der Waals surface area contributed by atoms with Gasteiger partial charge in [0.15, 0.2) is 0 Å². The number of hydrogen-bond acceptors (Lipinski definition) is 1. The van der Waals surface area contributed by atoms with Crippen LogP contribution >= 0.6 is 0 Å². The van der Waals surface area contributed by atoms with Crippen LogP contribution in [0.15, 0.2) is 24.8 Å². The number of aryl methyl sites for hydroxylation is 1. The summed E-state index contributed by atoms with van der Waals surface area (Å²) in [5.41, 5.74) is 2.44. The molecule has 0 unspecified atom stereocenters. The SMILES string of the molecule is C=Cc1cc(C(=O)O)ccc1CCCC. The number of rotatable bonds is 5. The summed E-state index contributed by atoms with van der Waals surface area (Å²) in [4.78, 5) is 10.8. The number of unbranched alkanes of at least 4 members (excludes halogenated alkanes) is 1. The minimum Gasteiger partial charge on any atom is -0.478 e. The number of benzene rings is 1. The summed E-state index contributed by atoms with van der Waals surface area (Å²) in [6.07, 6.45) is 4.96. The van der Waals surface area contributed by atoms with Crippen molar-refractivity contribution in [2.45, 2.75) is 26.2 Å². The van der Waals surface area contributed by atoms with Crippen molar-refractivity contribution in [1.82, 2.24) is 0 Å². The summed E-state index contributed by atoms with van der Waals surface area (Å²) in [6.45, 7) is 5.85. The first-order valence-corrected chi connectivity index (χ1v) is 5.17. The van der Waals surface area contributed by atoms with E-state index in [1.54, 1.807) is 18.2 Å². The van der Waals surface area contributed by atoms with E-state index >= 15 is 0 Å². The summed E-state index contributed by atoms with van der Waals surface area (Å²) in [5, 5.41) is 8.84. The van der Waals surface area contributed by atoms with Crippen LogP contribution in [0.5, 0.6) is 0 Å². The fraction of sp³-hybridized carbons (Fsp3) is 0.308. The topological polar surface area (TPSA) is 37.3 Å². The van der Waals surface area contributed by atoms with Gasteiger partial charge in [0.1, 0.15) is 0 Å². The molecule has 1 aromatic rings. The van der Waals surface area contributed by atoms with Crippen LogP contribution in [-0.4, -0.2) is 11.1 Å². The fourth-order valence-electron chi connectivity index (χ4n) is 1.51. The molecule has 0 amide bonds. The maximum absolute atomic E-state index is 10.8. The third kappa shape index (κ3) is 2.94. The van der Waals surface area contributed by atoms with E-state index < -0.39 is 5.97 Å². The van der Waals surface area contributed by atoms with E-state index in [9.17, 15) is 4.79 Å². The first-order chi connectivity index (χ1) is 7.19. The average Bonchev–Trinajstić information content (AvgIpc) is 2.25. The molecule has 80 valence electrons. The normalized spacial score (nSPS) is 9.93. The maximum Gasteiger partial charge on any atom is 0.335 e. The van der Waals surface area contributed by atoms with Crippen LogP contribution in [0.3, 0.4) is 0 Å². The second-order valence-electron chi connectivity index (χ2n) is 3.53. The highest BCUT2D eigenvalue weighted by Gasteiger charge is 2.05. The van der Waals surface area contributed by atoms with Gasteiger partial charge in [-0.15, -0.1) is 0 Å². The number of aromatic carboxylic acids is 1. The zero-order chi connectivity index (χ0) is 11.3. The molecule has 0 aromatic heterocycles. The molecule has 0 aliphatic heterocycles. The van der Waals surface area contributed by atoms with Gasteiger partial charge in [0.05, 0.1) is 5.56 Å². The van der Waals surface area contributed by atoms with E-state index in [1.807, 2.05) is 6.07 Å². The predicted molar refractivity (Wildman–Crippen MR) is 62.1 cm³/mol. The van der Waals surface area contributed by atoms with Gasteiger partial charge in [-0.25, -0.2) is 4.79 Å². The van der Waals surface area contributed by atoms with Crippen LogP contribution in [0.1, 0.15) is 41.3 Å². The van der Waals surface area contributed by atoms with E-state index in [0.29, 0.717) is 5.56 Å². The van der Waals surface area contributed by atoms with Crippen LogP contribution in [0.2, 0.25) is 0 Å². The van der Waals surface area contributed by atoms with Crippen LogP contribution in [0.4, 0.5) is 0 Å². The first kappa shape index (κ1) is 11.5. The van der Waals surface area contributed by atoms with Crippen molar-refractivity contribution in [3.63, 3.8) is 0 Å². The quantitative estimate of drug-likeness (QED) is 0.798. The molecule has 1 aromatic carbocycles. The molecule has 0 bridgehead atoms. The lowest BCUT2D eigenvalue weighted by Crippen LogP contribution is -1.98. The molecule has 0 aliphatic carbocycles. The zero-order valence-electron chi connectivity index (χ0n) is 8.99. The Hall–Kier alpha value is -1.57. The Bertz CT molecular complexity index is 367. The molecule has 0 atom stereocenters. The Balaban J connectivity index is 2.98. The van der Waals surface area contributed by atoms with E-state index in [0.717, 1.165) is 24.8 Å². The summed E-state index contributed by atoms with van der Waals surface area (Å²) >= 11 is 0. The molecule has 15 heavy (non-hydrogen) atoms. The molecule has 0 fully saturated rings. The highest BCUT2D eigenvalue weighted by Crippen LogP contribution is 2.16. The Labute approximate surface area is 90.3 Å². The average molecular weight is 204 g/mol. The van der Waals surface area contributed by atoms with E-state index in [4.69, 9.17) is 5.11 Å². The molecular formula is C13H16O2. The summed E-state index contributed by atoms with van der Waals surface area (Å²) in [7, 11) is 0. The molecular weight excluding hydrogens is 188 g/mol. The van der Waals surface area contributed by atoms with Gasteiger partial charge in [-0.05, 0) is 36.1 Å². The Morgan fingerprint density at radius 3 is 2.80 bits per heavy atom. The van der Waals surface area contributed by atoms with E-state index in [2.05, 4.69) is 13.5 Å². The lowest BCUT2D eigenvalue weighted by atomic mass is 9.99. The third-order valence-electron chi connectivity index (χ3n) is 2.41. The number of carbonyl (C=O) groups is 1. The van der Waals surface area contributed by atoms with Crippen LogP contribution in [0.25, 0.3) is 6.08 Å². The Morgan fingerprint density at radius 2 is 2.27 bits per heavy atom. The molecule has 1 N–H and O–H groups in total. The molecule has 0 radical (unpaired) electrons. The van der Waals surface area contributed by atoms with Crippen LogP contribution in [0, 0.1) is 0 Å². The van der Waals surface area contributed by atoms with Crippen molar-refractivity contribution in [1.29, 1.82) is 0 Å². The third-order valence-corrected chi connectivity index (χ3v) is 2.41. The smallest absolute Gasteiger partial charge is 0.335 e. The number of hydrogen-bond donors (Lipinski definition) is 1. The van der Waals surface area contributed by atoms with Gasteiger partial charge in [-0.3, -0.25) is 0 Å². The largest absolute Gasteiger partial charge is 0.478 e. The van der Waals surface area contributed by atoms with E-state index in [1.165, 1.54) is 5.56 Å². The lowest BCUT2D eigenvalue weighted by molar-refractivity contribution is 0.0697. The number of carboxylic acid groups (broad SMARTS) is 1. The van der Waals surface area contributed by atoms with Gasteiger partial charge < -0.3 is 5.11 Å². The van der Waals surface area contributed by atoms with Gasteiger partial charge in [-0.1, -0.05) is 32.1 Å². The Kier molecular flexibility index (Phi) is 4.10. The van der Waals surface area contributed by atoms with E-state index in [-0.39, 0.29) is 0 Å². The van der Waals surface area contributed by atoms with Crippen molar-refractivity contribution >= 4 is 12.0 Å². The minimum atomic E-state index is -0.889. The molecule has 2 heteroatoms. The molecule has 1 rings (SSSR count). The standard InChI is InChI=1S/C13H16O2/c1-3-5-6-11-7-8-12(13(14)15)9-10(11)4-2/h4,7-9H,2-3,5-6H2,1H3,(H,14,15). The summed E-state index contributed by atoms with van der Waals surface area (Å²) < 4.78 is 0. The lowest BCUT2D eigenvalue weighted by Gasteiger charge is -2.06. The second-order valence-corrected chi connectivity index (χ2v) is 3.53. The van der Waals surface area contributed by atoms with Crippen molar-refractivity contribution < 1.29 is 9.90 Å². The molecule has 0 aliphatic rings. The molecule has 0 spiro atoms.